The molecule has 1 aromatic heterocycles. The standard InChI is InChI=1S/C19H18N4/c1-3-4-8-19(21-2)23-18-12-15(9-10-16(18)13-22-23)14-6-5-7-17(20)11-14/h3-13H,1,20H2,2H3/b8-4-,21-19?. The monoisotopic (exact) mass is 302 g/mol. The quantitative estimate of drug-likeness (QED) is 0.345. The van der Waals surface area contributed by atoms with Crippen LogP contribution in [0.4, 0.5) is 5.69 Å². The first kappa shape index (κ1) is 14.8. The van der Waals surface area contributed by atoms with Crippen LogP contribution in [0.2, 0.25) is 0 Å². The first-order valence-electron chi connectivity index (χ1n) is 7.33. The van der Waals surface area contributed by atoms with Gasteiger partial charge in [-0.25, -0.2) is 4.68 Å². The zero-order chi connectivity index (χ0) is 16.2. The molecule has 0 radical (unpaired) electrons. The smallest absolute Gasteiger partial charge is 0.149 e. The van der Waals surface area contributed by atoms with Crippen molar-refractivity contribution in [3.63, 3.8) is 0 Å². The summed E-state index contributed by atoms with van der Waals surface area (Å²) in [6, 6.07) is 14.1. The Morgan fingerprint density at radius 2 is 2.04 bits per heavy atom. The Kier molecular flexibility index (Phi) is 4.06. The third kappa shape index (κ3) is 2.92. The summed E-state index contributed by atoms with van der Waals surface area (Å²) in [5, 5.41) is 5.51. The molecule has 3 rings (SSSR count). The normalized spacial score (nSPS) is 12.1. The molecule has 2 aromatic carbocycles. The van der Waals surface area contributed by atoms with Crippen LogP contribution in [0, 0.1) is 0 Å². The number of hydrogen-bond acceptors (Lipinski definition) is 3. The minimum atomic E-state index is 0.751. The van der Waals surface area contributed by atoms with Crippen molar-refractivity contribution in [3.05, 3.63) is 73.5 Å². The highest BCUT2D eigenvalue weighted by Gasteiger charge is 2.08. The summed E-state index contributed by atoms with van der Waals surface area (Å²) in [4.78, 5) is 4.30. The van der Waals surface area contributed by atoms with E-state index in [0.29, 0.717) is 0 Å². The summed E-state index contributed by atoms with van der Waals surface area (Å²) in [6.45, 7) is 3.69. The average molecular weight is 302 g/mol. The Labute approximate surface area is 135 Å². The molecule has 2 N–H and O–H groups in total. The van der Waals surface area contributed by atoms with E-state index in [9.17, 15) is 0 Å². The molecule has 1 heterocycles. The summed E-state index contributed by atoms with van der Waals surface area (Å²) in [5.74, 6) is 0.754. The van der Waals surface area contributed by atoms with E-state index in [-0.39, 0.29) is 0 Å². The van der Waals surface area contributed by atoms with Crippen LogP contribution in [-0.4, -0.2) is 22.7 Å². The highest BCUT2D eigenvalue weighted by molar-refractivity contribution is 6.01. The molecular weight excluding hydrogens is 284 g/mol. The van der Waals surface area contributed by atoms with Gasteiger partial charge in [0.15, 0.2) is 0 Å². The van der Waals surface area contributed by atoms with Gasteiger partial charge in [-0.05, 0) is 35.4 Å². The first-order chi connectivity index (χ1) is 11.2. The summed E-state index contributed by atoms with van der Waals surface area (Å²) in [5.41, 5.74) is 9.81. The number of fused-ring (bicyclic) bond motifs is 1. The minimum absolute atomic E-state index is 0.751. The highest BCUT2D eigenvalue weighted by atomic mass is 15.3. The maximum atomic E-state index is 5.89. The van der Waals surface area contributed by atoms with Crippen molar-refractivity contribution in [2.45, 2.75) is 0 Å². The number of rotatable bonds is 3. The molecule has 0 aliphatic carbocycles. The van der Waals surface area contributed by atoms with Gasteiger partial charge in [-0.1, -0.05) is 43.0 Å². The van der Waals surface area contributed by atoms with Gasteiger partial charge < -0.3 is 5.73 Å². The van der Waals surface area contributed by atoms with Gasteiger partial charge >= 0.3 is 0 Å². The number of nitrogen functional groups attached to an aromatic ring is 1. The van der Waals surface area contributed by atoms with Crippen molar-refractivity contribution in [1.29, 1.82) is 0 Å². The summed E-state index contributed by atoms with van der Waals surface area (Å²) in [7, 11) is 1.75. The lowest BCUT2D eigenvalue weighted by Crippen LogP contribution is -2.10. The van der Waals surface area contributed by atoms with E-state index in [1.807, 2.05) is 47.3 Å². The molecule has 0 aliphatic rings. The maximum absolute atomic E-state index is 5.89. The maximum Gasteiger partial charge on any atom is 0.149 e. The van der Waals surface area contributed by atoms with Gasteiger partial charge in [0.1, 0.15) is 5.84 Å². The first-order valence-corrected chi connectivity index (χ1v) is 7.33. The summed E-state index contributed by atoms with van der Waals surface area (Å²) < 4.78 is 1.82. The molecule has 0 saturated heterocycles. The average Bonchev–Trinajstić information content (AvgIpc) is 2.99. The second kappa shape index (κ2) is 6.32. The van der Waals surface area contributed by atoms with Crippen LogP contribution in [0.3, 0.4) is 0 Å². The zero-order valence-corrected chi connectivity index (χ0v) is 13.0. The van der Waals surface area contributed by atoms with Gasteiger partial charge in [-0.3, -0.25) is 4.99 Å². The van der Waals surface area contributed by atoms with Crippen LogP contribution in [0.1, 0.15) is 0 Å². The van der Waals surface area contributed by atoms with Crippen LogP contribution in [0.5, 0.6) is 0 Å². The number of aromatic nitrogens is 2. The number of benzene rings is 2. The molecule has 0 amide bonds. The number of anilines is 1. The van der Waals surface area contributed by atoms with Crippen molar-refractivity contribution in [1.82, 2.24) is 9.78 Å². The molecule has 114 valence electrons. The van der Waals surface area contributed by atoms with Crippen LogP contribution in [0.15, 0.2) is 78.5 Å². The van der Waals surface area contributed by atoms with E-state index < -0.39 is 0 Å². The molecule has 0 bridgehead atoms. The van der Waals surface area contributed by atoms with Crippen LogP contribution in [-0.2, 0) is 0 Å². The van der Waals surface area contributed by atoms with Crippen LogP contribution >= 0.6 is 0 Å². The predicted octanol–water partition coefficient (Wildman–Crippen LogP) is 3.90. The third-order valence-electron chi connectivity index (χ3n) is 3.62. The molecule has 0 fully saturated rings. The van der Waals surface area contributed by atoms with Crippen molar-refractivity contribution < 1.29 is 0 Å². The Balaban J connectivity index is 2.14. The fourth-order valence-electron chi connectivity index (χ4n) is 2.49. The number of aliphatic imine (C=N–C) groups is 1. The van der Waals surface area contributed by atoms with E-state index >= 15 is 0 Å². The second-order valence-corrected chi connectivity index (χ2v) is 5.13. The van der Waals surface area contributed by atoms with E-state index in [2.05, 4.69) is 34.9 Å². The number of nitrogens with two attached hydrogens (primary N) is 1. The molecule has 4 heteroatoms. The van der Waals surface area contributed by atoms with Crippen molar-refractivity contribution in [2.24, 2.45) is 4.99 Å². The van der Waals surface area contributed by atoms with Gasteiger partial charge in [0.25, 0.3) is 0 Å². The Morgan fingerprint density at radius 3 is 2.78 bits per heavy atom. The molecule has 0 spiro atoms. The van der Waals surface area contributed by atoms with E-state index in [0.717, 1.165) is 33.6 Å². The lowest BCUT2D eigenvalue weighted by atomic mass is 10.0. The molecule has 23 heavy (non-hydrogen) atoms. The number of allylic oxidation sites excluding steroid dienone is 3. The molecule has 0 saturated carbocycles. The van der Waals surface area contributed by atoms with E-state index in [1.54, 1.807) is 13.1 Å². The fraction of sp³-hybridized carbons (Fsp3) is 0.0526. The third-order valence-corrected chi connectivity index (χ3v) is 3.62. The van der Waals surface area contributed by atoms with E-state index in [1.165, 1.54) is 0 Å². The van der Waals surface area contributed by atoms with Crippen molar-refractivity contribution >= 4 is 22.4 Å². The molecule has 0 aliphatic heterocycles. The lowest BCUT2D eigenvalue weighted by molar-refractivity contribution is 0.964. The topological polar surface area (TPSA) is 56.2 Å². The number of hydrogen-bond donors (Lipinski definition) is 1. The molecule has 4 nitrogen and oxygen atoms in total. The lowest BCUT2D eigenvalue weighted by Gasteiger charge is -2.06. The van der Waals surface area contributed by atoms with Gasteiger partial charge in [-0.2, -0.15) is 5.10 Å². The van der Waals surface area contributed by atoms with Gasteiger partial charge in [0.2, 0.25) is 0 Å². The van der Waals surface area contributed by atoms with Crippen molar-refractivity contribution in [3.8, 4) is 11.1 Å². The molecule has 3 aromatic rings. The molecule has 0 unspecified atom stereocenters. The van der Waals surface area contributed by atoms with Gasteiger partial charge in [0, 0.05) is 18.1 Å². The van der Waals surface area contributed by atoms with E-state index in [4.69, 9.17) is 5.73 Å². The van der Waals surface area contributed by atoms with Gasteiger partial charge in [-0.15, -0.1) is 0 Å². The second-order valence-electron chi connectivity index (χ2n) is 5.13. The van der Waals surface area contributed by atoms with Gasteiger partial charge in [0.05, 0.1) is 11.7 Å². The Bertz CT molecular complexity index is 916. The molecular formula is C19H18N4. The summed E-state index contributed by atoms with van der Waals surface area (Å²) >= 11 is 0. The van der Waals surface area contributed by atoms with Crippen LogP contribution in [0.25, 0.3) is 22.0 Å². The number of nitrogens with zero attached hydrogens (tertiary/aromatic N) is 3. The Hall–Kier alpha value is -3.14. The molecule has 0 atom stereocenters. The highest BCUT2D eigenvalue weighted by Crippen LogP contribution is 2.25. The summed E-state index contributed by atoms with van der Waals surface area (Å²) in [6.07, 6.45) is 7.28. The minimum Gasteiger partial charge on any atom is -0.399 e. The SMILES string of the molecule is C=C/C=C\C(=NC)n1ncc2ccc(-c3cccc(N)c3)cc21. The largest absolute Gasteiger partial charge is 0.399 e. The predicted molar refractivity (Wildman–Crippen MR) is 97.7 cm³/mol. The fourth-order valence-corrected chi connectivity index (χ4v) is 2.49. The van der Waals surface area contributed by atoms with Crippen LogP contribution < -0.4 is 5.73 Å². The Morgan fingerprint density at radius 1 is 1.22 bits per heavy atom. The van der Waals surface area contributed by atoms with Crippen molar-refractivity contribution in [2.75, 3.05) is 12.8 Å². The zero-order valence-electron chi connectivity index (χ0n) is 13.0.